The van der Waals surface area contributed by atoms with E-state index in [1.807, 2.05) is 18.2 Å². The van der Waals surface area contributed by atoms with Crippen molar-refractivity contribution < 1.29 is 14.7 Å². The minimum absolute atomic E-state index is 0.0279. The van der Waals surface area contributed by atoms with E-state index >= 15 is 0 Å². The maximum absolute atomic E-state index is 9.81. The average molecular weight is 374 g/mol. The molecule has 1 aromatic rings. The van der Waals surface area contributed by atoms with Gasteiger partial charge in [-0.3, -0.25) is 0 Å². The third-order valence-electron chi connectivity index (χ3n) is 8.19. The molecule has 1 spiro atoms. The molecule has 2 bridgehead atoms. The molecule has 0 aromatic heterocycles. The van der Waals surface area contributed by atoms with Crippen molar-refractivity contribution in [1.29, 1.82) is 0 Å². The first-order chi connectivity index (χ1) is 11.2. The highest BCUT2D eigenvalue weighted by Crippen LogP contribution is 3.05. The molecule has 23 heavy (non-hydrogen) atoms. The van der Waals surface area contributed by atoms with Crippen molar-refractivity contribution in [3.05, 3.63) is 35.9 Å². The number of hydrogen-bond donors (Lipinski definition) is 1. The van der Waals surface area contributed by atoms with Gasteiger partial charge in [0, 0.05) is 11.3 Å². The van der Waals surface area contributed by atoms with Crippen LogP contribution in [-0.4, -0.2) is 34.2 Å². The number of halogens is 1. The van der Waals surface area contributed by atoms with Crippen LogP contribution < -0.4 is 0 Å². The molecule has 6 aliphatic carbocycles. The van der Waals surface area contributed by atoms with Crippen LogP contribution in [0.1, 0.15) is 5.56 Å². The lowest BCUT2D eigenvalue weighted by molar-refractivity contribution is -0.404. The van der Waals surface area contributed by atoms with Crippen LogP contribution in [-0.2, 0) is 9.47 Å². The first-order valence-electron chi connectivity index (χ1n) is 8.49. The van der Waals surface area contributed by atoms with E-state index in [0.29, 0.717) is 48.7 Å². The number of oxime groups is 1. The van der Waals surface area contributed by atoms with Crippen LogP contribution in [0.25, 0.3) is 0 Å². The summed E-state index contributed by atoms with van der Waals surface area (Å²) in [6, 6.07) is 10.2. The van der Waals surface area contributed by atoms with Crippen molar-refractivity contribution in [2.45, 2.75) is 10.1 Å². The molecule has 6 saturated carbocycles. The second-order valence-corrected chi connectivity index (χ2v) is 9.35. The number of benzene rings is 1. The minimum Gasteiger partial charge on any atom is -0.411 e. The first kappa shape index (κ1) is 12.5. The van der Waals surface area contributed by atoms with E-state index in [2.05, 4.69) is 33.2 Å². The van der Waals surface area contributed by atoms with Crippen molar-refractivity contribution in [2.24, 2.45) is 46.1 Å². The fraction of sp³-hybridized carbons (Fsp3) is 0.611. The number of alkyl halides is 1. The van der Waals surface area contributed by atoms with Crippen LogP contribution in [0, 0.1) is 40.9 Å². The molecule has 5 heteroatoms. The lowest BCUT2D eigenvalue weighted by Gasteiger charge is -2.91. The third kappa shape index (κ3) is 0.815. The van der Waals surface area contributed by atoms with Crippen molar-refractivity contribution in [2.75, 3.05) is 13.2 Å². The van der Waals surface area contributed by atoms with Crippen molar-refractivity contribution in [3.8, 4) is 0 Å². The Labute approximate surface area is 142 Å². The molecule has 0 amide bonds. The van der Waals surface area contributed by atoms with Gasteiger partial charge in [-0.1, -0.05) is 51.4 Å². The van der Waals surface area contributed by atoms with E-state index in [-0.39, 0.29) is 9.74 Å². The summed E-state index contributed by atoms with van der Waals surface area (Å²) < 4.78 is 12.4. The molecule has 4 unspecified atom stereocenters. The van der Waals surface area contributed by atoms with E-state index in [1.165, 1.54) is 0 Å². The third-order valence-corrected chi connectivity index (χ3v) is 9.80. The van der Waals surface area contributed by atoms with Gasteiger partial charge in [-0.15, -0.1) is 0 Å². The minimum atomic E-state index is -0.397. The Kier molecular flexibility index (Phi) is 1.77. The van der Waals surface area contributed by atoms with Gasteiger partial charge in [-0.25, -0.2) is 0 Å². The molecule has 8 rings (SSSR count). The highest BCUT2D eigenvalue weighted by Gasteiger charge is 3.09. The number of ether oxygens (including phenoxy) is 2. The zero-order valence-electron chi connectivity index (χ0n) is 12.4. The molecular formula is C18H16BrNO3. The Morgan fingerprint density at radius 2 is 1.61 bits per heavy atom. The van der Waals surface area contributed by atoms with E-state index in [4.69, 9.17) is 9.47 Å². The second kappa shape index (κ2) is 3.26. The number of hydrogen-bond acceptors (Lipinski definition) is 4. The summed E-state index contributed by atoms with van der Waals surface area (Å²) in [5, 5.41) is 13.6. The maximum Gasteiger partial charge on any atom is 0.187 e. The molecule has 1 N–H and O–H groups in total. The van der Waals surface area contributed by atoms with Crippen molar-refractivity contribution >= 4 is 21.6 Å². The quantitative estimate of drug-likeness (QED) is 0.375. The summed E-state index contributed by atoms with van der Waals surface area (Å²) in [5.74, 6) is 3.07. The fourth-order valence-electron chi connectivity index (χ4n) is 8.08. The average Bonchev–Trinajstić information content (AvgIpc) is 3.11. The smallest absolute Gasteiger partial charge is 0.187 e. The van der Waals surface area contributed by atoms with Gasteiger partial charge in [0.15, 0.2) is 5.79 Å². The van der Waals surface area contributed by atoms with Crippen LogP contribution in [0.4, 0.5) is 0 Å². The predicted octanol–water partition coefficient (Wildman–Crippen LogP) is 2.49. The molecule has 8 atom stereocenters. The highest BCUT2D eigenvalue weighted by atomic mass is 79.9. The van der Waals surface area contributed by atoms with E-state index in [9.17, 15) is 5.21 Å². The van der Waals surface area contributed by atoms with Crippen molar-refractivity contribution in [1.82, 2.24) is 0 Å². The Morgan fingerprint density at radius 3 is 2.22 bits per heavy atom. The first-order valence-corrected chi connectivity index (χ1v) is 9.28. The van der Waals surface area contributed by atoms with Gasteiger partial charge in [-0.2, -0.15) is 0 Å². The molecule has 0 radical (unpaired) electrons. The molecule has 1 aromatic carbocycles. The second-order valence-electron chi connectivity index (χ2n) is 8.03. The number of rotatable bonds is 2. The van der Waals surface area contributed by atoms with E-state index in [0.717, 1.165) is 11.3 Å². The topological polar surface area (TPSA) is 51.1 Å². The van der Waals surface area contributed by atoms with Gasteiger partial charge in [0.1, 0.15) is 0 Å². The molecule has 1 saturated heterocycles. The van der Waals surface area contributed by atoms with Crippen LogP contribution in [0.15, 0.2) is 35.5 Å². The monoisotopic (exact) mass is 373 g/mol. The van der Waals surface area contributed by atoms with Gasteiger partial charge in [-0.05, 0) is 35.2 Å². The van der Waals surface area contributed by atoms with Crippen LogP contribution in [0.3, 0.4) is 0 Å². The summed E-state index contributed by atoms with van der Waals surface area (Å²) >= 11 is 4.07. The van der Waals surface area contributed by atoms with E-state index in [1.54, 1.807) is 0 Å². The fourth-order valence-corrected chi connectivity index (χ4v) is 9.71. The highest BCUT2D eigenvalue weighted by molar-refractivity contribution is 9.10. The Balaban J connectivity index is 1.37. The summed E-state index contributed by atoms with van der Waals surface area (Å²) in [6.07, 6.45) is 0. The van der Waals surface area contributed by atoms with Gasteiger partial charge in [0.05, 0.1) is 23.2 Å². The largest absolute Gasteiger partial charge is 0.411 e. The zero-order chi connectivity index (χ0) is 15.2. The van der Waals surface area contributed by atoms with E-state index < -0.39 is 5.79 Å². The Bertz CT molecular complexity index is 767. The predicted molar refractivity (Wildman–Crippen MR) is 84.4 cm³/mol. The molecule has 7 fully saturated rings. The van der Waals surface area contributed by atoms with Crippen LogP contribution in [0.5, 0.6) is 0 Å². The van der Waals surface area contributed by atoms with Gasteiger partial charge < -0.3 is 14.7 Å². The molecule has 1 aliphatic heterocycles. The summed E-state index contributed by atoms with van der Waals surface area (Å²) in [6.45, 7) is 1.42. The molecular weight excluding hydrogens is 358 g/mol. The molecule has 7 aliphatic rings. The molecule has 1 heterocycles. The summed E-state index contributed by atoms with van der Waals surface area (Å²) in [7, 11) is 0. The van der Waals surface area contributed by atoms with Crippen LogP contribution >= 0.6 is 15.9 Å². The van der Waals surface area contributed by atoms with Gasteiger partial charge in [0.2, 0.25) is 0 Å². The SMILES string of the molecule is ON=C(c1ccccc1)C12C3[C@H]4[C@H]1C1[C@H]2[C@H]3C4(Br)C12OCCO2. The Morgan fingerprint density at radius 1 is 1.00 bits per heavy atom. The number of nitrogens with zero attached hydrogens (tertiary/aromatic N) is 1. The lowest BCUT2D eigenvalue weighted by atomic mass is 9.12. The van der Waals surface area contributed by atoms with Gasteiger partial charge in [0.25, 0.3) is 0 Å². The van der Waals surface area contributed by atoms with Gasteiger partial charge >= 0.3 is 0 Å². The van der Waals surface area contributed by atoms with Crippen molar-refractivity contribution in [3.63, 3.8) is 0 Å². The summed E-state index contributed by atoms with van der Waals surface area (Å²) in [4.78, 5) is 0. The maximum atomic E-state index is 9.81. The normalized spacial score (nSPS) is 58.2. The molecule has 118 valence electrons. The van der Waals surface area contributed by atoms with Crippen LogP contribution in [0.2, 0.25) is 0 Å². The lowest BCUT2D eigenvalue weighted by Crippen LogP contribution is -2.94. The Hall–Kier alpha value is -0.910. The summed E-state index contributed by atoms with van der Waals surface area (Å²) in [5.41, 5.74) is 2.06. The standard InChI is InChI=1S/C18H16BrNO3/c19-17-12-9-13(17)11-14(18(17)22-6-7-23-18)10(12)16(9,11)15(20-21)8-4-2-1-3-5-8/h1-5,9-14,21H,6-7H2/t9?,10-,11+,12-,13-,14?,16?,17?/m0/s1. The molecule has 4 nitrogen and oxygen atoms in total. The zero-order valence-corrected chi connectivity index (χ0v) is 13.9.